The van der Waals surface area contributed by atoms with E-state index in [2.05, 4.69) is 29.7 Å². The highest BCUT2D eigenvalue weighted by Gasteiger charge is 2.43. The molecule has 1 aliphatic carbocycles. The summed E-state index contributed by atoms with van der Waals surface area (Å²) in [5.74, 6) is 0.178. The summed E-state index contributed by atoms with van der Waals surface area (Å²) in [6.45, 7) is -0.156. The van der Waals surface area contributed by atoms with Gasteiger partial charge in [0.1, 0.15) is 23.9 Å². The number of nitrogens with zero attached hydrogens (tertiary/aromatic N) is 1. The number of hydrogen-bond donors (Lipinski definition) is 2. The van der Waals surface area contributed by atoms with Crippen LogP contribution in [0.3, 0.4) is 0 Å². The molecule has 1 amide bonds. The fourth-order valence-corrected chi connectivity index (χ4v) is 7.39. The zero-order valence-electron chi connectivity index (χ0n) is 31.0. The van der Waals surface area contributed by atoms with Gasteiger partial charge in [0.25, 0.3) is 5.91 Å². The fraction of sp³-hybridized carbons (Fsp3) is 0.174. The van der Waals surface area contributed by atoms with Crippen molar-refractivity contribution in [3.63, 3.8) is 0 Å². The van der Waals surface area contributed by atoms with Crippen molar-refractivity contribution in [1.29, 1.82) is 0 Å². The van der Waals surface area contributed by atoms with Crippen molar-refractivity contribution in [3.05, 3.63) is 185 Å². The zero-order chi connectivity index (χ0) is 38.4. The Balaban J connectivity index is 1.10. The lowest BCUT2D eigenvalue weighted by molar-refractivity contribution is -0.149. The van der Waals surface area contributed by atoms with Crippen molar-refractivity contribution in [1.82, 2.24) is 10.4 Å². The van der Waals surface area contributed by atoms with Gasteiger partial charge in [-0.3, -0.25) is 10.2 Å². The van der Waals surface area contributed by atoms with Crippen molar-refractivity contribution in [2.45, 2.75) is 17.5 Å². The Hall–Kier alpha value is -6.42. The summed E-state index contributed by atoms with van der Waals surface area (Å²) >= 11 is 0. The van der Waals surface area contributed by atoms with Crippen molar-refractivity contribution in [3.8, 4) is 28.4 Å². The molecular formula is C46H43N3O6. The van der Waals surface area contributed by atoms with Crippen LogP contribution in [0.1, 0.15) is 45.3 Å². The minimum atomic E-state index is -1.78. The van der Waals surface area contributed by atoms with Gasteiger partial charge in [0, 0.05) is 24.6 Å². The Morgan fingerprint density at radius 2 is 1.25 bits per heavy atom. The molecule has 0 spiro atoms. The van der Waals surface area contributed by atoms with Gasteiger partial charge in [-0.05, 0) is 63.2 Å². The van der Waals surface area contributed by atoms with Gasteiger partial charge in [-0.1, -0.05) is 121 Å². The van der Waals surface area contributed by atoms with E-state index < -0.39 is 11.5 Å². The summed E-state index contributed by atoms with van der Waals surface area (Å²) in [5, 5.41) is 1.78. The number of carbonyl (C=O) groups is 2. The van der Waals surface area contributed by atoms with Crippen molar-refractivity contribution >= 4 is 11.9 Å². The smallest absolute Gasteiger partial charge is 0.335 e. The molecule has 9 heteroatoms. The lowest BCUT2D eigenvalue weighted by Gasteiger charge is -2.30. The van der Waals surface area contributed by atoms with E-state index in [1.807, 2.05) is 92.0 Å². The zero-order valence-corrected chi connectivity index (χ0v) is 31.0. The Bertz CT molecular complexity index is 2180. The van der Waals surface area contributed by atoms with Gasteiger partial charge in [-0.15, -0.1) is 0 Å². The second kappa shape index (κ2) is 16.3. The Labute approximate surface area is 321 Å². The summed E-state index contributed by atoms with van der Waals surface area (Å²) in [6.07, 6.45) is 0. The number of methoxy groups -OCH3 is 2. The average Bonchev–Trinajstić information content (AvgIpc) is 3.55. The standard InChI is InChI=1S/C46H43N3O6/c1-49(44(31-14-6-4-7-15-31)32-16-8-5-9-17-32)48-43(50)30-54-34-24-22-33(23-25-34)46(47,41-27-26-35(52-2)28-42(41)53-3)45(51)55-29-40-38-20-12-10-18-36(38)37-19-11-13-21-39(37)40/h4-28,40,44H,29-30,47H2,1-3H3,(H,48,50). The van der Waals surface area contributed by atoms with Gasteiger partial charge >= 0.3 is 5.97 Å². The molecule has 1 unspecified atom stereocenters. The molecule has 0 saturated heterocycles. The molecule has 6 aromatic carbocycles. The van der Waals surface area contributed by atoms with Gasteiger partial charge in [-0.25, -0.2) is 9.80 Å². The molecule has 7 rings (SSSR count). The summed E-state index contributed by atoms with van der Waals surface area (Å²) in [7, 11) is 4.89. The fourth-order valence-electron chi connectivity index (χ4n) is 7.39. The lowest BCUT2D eigenvalue weighted by atomic mass is 9.83. The summed E-state index contributed by atoms with van der Waals surface area (Å²) in [6, 6.07) is 47.9. The first-order chi connectivity index (χ1) is 26.8. The second-order valence-electron chi connectivity index (χ2n) is 13.4. The molecule has 0 bridgehead atoms. The minimum Gasteiger partial charge on any atom is -0.497 e. The van der Waals surface area contributed by atoms with Crippen LogP contribution >= 0.6 is 0 Å². The number of amides is 1. The third-order valence-corrected chi connectivity index (χ3v) is 10.1. The van der Waals surface area contributed by atoms with E-state index in [-0.39, 0.29) is 31.1 Å². The van der Waals surface area contributed by atoms with Crippen molar-refractivity contribution in [2.75, 3.05) is 34.5 Å². The predicted octanol–water partition coefficient (Wildman–Crippen LogP) is 7.39. The SMILES string of the molecule is COc1ccc(C(N)(C(=O)OCC2c3ccccc3-c3ccccc32)c2ccc(OCC(=O)NN(C)C(c3ccccc3)c3ccccc3)cc2)c(OC)c1. The molecule has 3 N–H and O–H groups in total. The molecule has 0 aromatic heterocycles. The largest absolute Gasteiger partial charge is 0.497 e. The number of carbonyl (C=O) groups excluding carboxylic acids is 2. The van der Waals surface area contributed by atoms with Gasteiger partial charge < -0.3 is 24.7 Å². The van der Waals surface area contributed by atoms with E-state index in [4.69, 9.17) is 24.7 Å². The molecule has 278 valence electrons. The van der Waals surface area contributed by atoms with Crippen LogP contribution < -0.4 is 25.4 Å². The highest BCUT2D eigenvalue weighted by molar-refractivity contribution is 5.88. The maximum Gasteiger partial charge on any atom is 0.335 e. The summed E-state index contributed by atoms with van der Waals surface area (Å²) in [5.41, 5.74) is 15.7. The van der Waals surface area contributed by atoms with Gasteiger partial charge in [0.05, 0.1) is 20.3 Å². The normalized spacial score (nSPS) is 13.1. The number of fused-ring (bicyclic) bond motifs is 3. The first-order valence-corrected chi connectivity index (χ1v) is 18.0. The van der Waals surface area contributed by atoms with Crippen LogP contribution in [0.15, 0.2) is 152 Å². The number of nitrogens with one attached hydrogen (secondary N) is 1. The number of hydrazine groups is 1. The van der Waals surface area contributed by atoms with Crippen LogP contribution in [0.4, 0.5) is 0 Å². The van der Waals surface area contributed by atoms with Crippen LogP contribution in [0.2, 0.25) is 0 Å². The Kier molecular flexibility index (Phi) is 10.9. The molecule has 6 aromatic rings. The molecule has 9 nitrogen and oxygen atoms in total. The molecular weight excluding hydrogens is 691 g/mol. The maximum atomic E-state index is 14.4. The first kappa shape index (κ1) is 36.9. The number of rotatable bonds is 14. The van der Waals surface area contributed by atoms with Gasteiger partial charge in [0.2, 0.25) is 0 Å². The monoisotopic (exact) mass is 733 g/mol. The topological polar surface area (TPSA) is 112 Å². The summed E-state index contributed by atoms with van der Waals surface area (Å²) < 4.78 is 23.2. The highest BCUT2D eigenvalue weighted by Crippen LogP contribution is 2.45. The van der Waals surface area contributed by atoms with E-state index in [1.165, 1.54) is 7.11 Å². The van der Waals surface area contributed by atoms with Crippen molar-refractivity contribution < 1.29 is 28.5 Å². The van der Waals surface area contributed by atoms with Gasteiger partial charge in [0.15, 0.2) is 12.1 Å². The number of nitrogens with two attached hydrogens (primary N) is 1. The summed E-state index contributed by atoms with van der Waals surface area (Å²) in [4.78, 5) is 27.6. The maximum absolute atomic E-state index is 14.4. The minimum absolute atomic E-state index is 0.0877. The Morgan fingerprint density at radius 3 is 1.82 bits per heavy atom. The second-order valence-corrected chi connectivity index (χ2v) is 13.4. The number of hydrogen-bond acceptors (Lipinski definition) is 8. The van der Waals surface area contributed by atoms with Crippen LogP contribution in [-0.4, -0.2) is 51.4 Å². The van der Waals surface area contributed by atoms with E-state index in [1.54, 1.807) is 54.6 Å². The van der Waals surface area contributed by atoms with E-state index in [0.717, 1.165) is 33.4 Å². The van der Waals surface area contributed by atoms with E-state index in [0.29, 0.717) is 28.4 Å². The van der Waals surface area contributed by atoms with Crippen molar-refractivity contribution in [2.24, 2.45) is 5.73 Å². The Morgan fingerprint density at radius 1 is 0.709 bits per heavy atom. The van der Waals surface area contributed by atoms with Crippen LogP contribution in [0, 0.1) is 0 Å². The third kappa shape index (κ3) is 7.53. The molecule has 0 saturated carbocycles. The molecule has 0 fully saturated rings. The highest BCUT2D eigenvalue weighted by atomic mass is 16.5. The molecule has 0 heterocycles. The van der Waals surface area contributed by atoms with Crippen LogP contribution in [-0.2, 0) is 19.9 Å². The predicted molar refractivity (Wildman–Crippen MR) is 212 cm³/mol. The molecule has 0 radical (unpaired) electrons. The third-order valence-electron chi connectivity index (χ3n) is 10.1. The van der Waals surface area contributed by atoms with E-state index >= 15 is 0 Å². The van der Waals surface area contributed by atoms with Crippen LogP contribution in [0.25, 0.3) is 11.1 Å². The number of esters is 1. The van der Waals surface area contributed by atoms with E-state index in [9.17, 15) is 9.59 Å². The molecule has 1 atom stereocenters. The first-order valence-electron chi connectivity index (χ1n) is 18.0. The number of ether oxygens (including phenoxy) is 4. The molecule has 55 heavy (non-hydrogen) atoms. The quantitative estimate of drug-likeness (QED) is 0.0881. The molecule has 0 aliphatic heterocycles. The van der Waals surface area contributed by atoms with Crippen LogP contribution in [0.5, 0.6) is 17.2 Å². The molecule has 1 aliphatic rings. The lowest BCUT2D eigenvalue weighted by Crippen LogP contribution is -2.47. The average molecular weight is 734 g/mol. The van der Waals surface area contributed by atoms with Gasteiger partial charge in [-0.2, -0.15) is 0 Å². The number of benzene rings is 6.